The molecule has 8 heteroatoms. The standard InChI is InChI=1S/C23H26N4O3S/c1-3-13-24-21(28)18(14-16-9-5-4-6-10-16)25-22(29)19-15-31-23(27-19)26-17-11-7-8-12-20(17)30-2/h4-12,15,18H,3,13-14H2,1-2H3,(H,24,28)(H,25,29)(H,26,27). The van der Waals surface area contributed by atoms with Gasteiger partial charge in [0, 0.05) is 18.3 Å². The summed E-state index contributed by atoms with van der Waals surface area (Å²) in [5.74, 6) is 0.0813. The molecule has 3 N–H and O–H groups in total. The molecule has 1 unspecified atom stereocenters. The molecule has 1 aromatic heterocycles. The smallest absolute Gasteiger partial charge is 0.271 e. The lowest BCUT2D eigenvalue weighted by Crippen LogP contribution is -2.48. The van der Waals surface area contributed by atoms with Gasteiger partial charge in [0.1, 0.15) is 17.5 Å². The molecule has 31 heavy (non-hydrogen) atoms. The minimum atomic E-state index is -0.686. The van der Waals surface area contributed by atoms with Crippen molar-refractivity contribution in [2.75, 3.05) is 19.0 Å². The molecule has 3 aromatic rings. The average Bonchev–Trinajstić information content (AvgIpc) is 3.26. The third kappa shape index (κ3) is 6.29. The molecule has 0 saturated carbocycles. The molecule has 3 rings (SSSR count). The number of hydrogen-bond acceptors (Lipinski definition) is 6. The van der Waals surface area contributed by atoms with Crippen LogP contribution in [0.15, 0.2) is 60.0 Å². The zero-order valence-corrected chi connectivity index (χ0v) is 18.4. The first-order chi connectivity index (χ1) is 15.1. The molecule has 1 atom stereocenters. The highest BCUT2D eigenvalue weighted by atomic mass is 32.1. The largest absolute Gasteiger partial charge is 0.495 e. The van der Waals surface area contributed by atoms with Crippen LogP contribution in [0.3, 0.4) is 0 Å². The second kappa shape index (κ2) is 11.1. The van der Waals surface area contributed by atoms with Gasteiger partial charge in [0.15, 0.2) is 5.13 Å². The van der Waals surface area contributed by atoms with Crippen LogP contribution in [0.1, 0.15) is 29.4 Å². The second-order valence-electron chi connectivity index (χ2n) is 6.87. The third-order valence-corrected chi connectivity index (χ3v) is 5.30. The number of benzene rings is 2. The maximum atomic E-state index is 12.8. The van der Waals surface area contributed by atoms with Gasteiger partial charge in [-0.05, 0) is 24.1 Å². The van der Waals surface area contributed by atoms with E-state index in [1.165, 1.54) is 11.3 Å². The molecule has 1 heterocycles. The SMILES string of the molecule is CCCNC(=O)C(Cc1ccccc1)NC(=O)c1csc(Nc2ccccc2OC)n1. The minimum Gasteiger partial charge on any atom is -0.495 e. The van der Waals surface area contributed by atoms with E-state index < -0.39 is 11.9 Å². The van der Waals surface area contributed by atoms with Crippen molar-refractivity contribution in [1.29, 1.82) is 0 Å². The van der Waals surface area contributed by atoms with Crippen molar-refractivity contribution in [3.8, 4) is 5.75 Å². The molecule has 162 valence electrons. The summed E-state index contributed by atoms with van der Waals surface area (Å²) >= 11 is 1.31. The van der Waals surface area contributed by atoms with Gasteiger partial charge in [-0.3, -0.25) is 9.59 Å². The lowest BCUT2D eigenvalue weighted by Gasteiger charge is -2.18. The van der Waals surface area contributed by atoms with E-state index in [0.717, 1.165) is 17.7 Å². The molecule has 0 aliphatic carbocycles. The summed E-state index contributed by atoms with van der Waals surface area (Å²) in [4.78, 5) is 29.8. The number of carbonyl (C=O) groups is 2. The van der Waals surface area contributed by atoms with Gasteiger partial charge >= 0.3 is 0 Å². The van der Waals surface area contributed by atoms with Gasteiger partial charge in [0.2, 0.25) is 5.91 Å². The number of amides is 2. The fraction of sp³-hybridized carbons (Fsp3) is 0.261. The number of para-hydroxylation sites is 2. The van der Waals surface area contributed by atoms with Crippen molar-refractivity contribution in [3.05, 3.63) is 71.2 Å². The van der Waals surface area contributed by atoms with E-state index in [1.54, 1.807) is 12.5 Å². The molecule has 7 nitrogen and oxygen atoms in total. The summed E-state index contributed by atoms with van der Waals surface area (Å²) < 4.78 is 5.33. The maximum Gasteiger partial charge on any atom is 0.271 e. The highest BCUT2D eigenvalue weighted by molar-refractivity contribution is 7.14. The maximum absolute atomic E-state index is 12.8. The molecule has 0 spiro atoms. The lowest BCUT2D eigenvalue weighted by molar-refractivity contribution is -0.122. The molecule has 0 saturated heterocycles. The number of carbonyl (C=O) groups excluding carboxylic acids is 2. The van der Waals surface area contributed by atoms with E-state index in [4.69, 9.17) is 4.74 Å². The number of anilines is 2. The van der Waals surface area contributed by atoms with Crippen molar-refractivity contribution >= 4 is 34.0 Å². The van der Waals surface area contributed by atoms with Crippen LogP contribution in [0.2, 0.25) is 0 Å². The van der Waals surface area contributed by atoms with E-state index in [-0.39, 0.29) is 11.6 Å². The summed E-state index contributed by atoms with van der Waals surface area (Å²) in [5, 5.41) is 11.1. The van der Waals surface area contributed by atoms with Crippen LogP contribution in [-0.4, -0.2) is 36.5 Å². The topological polar surface area (TPSA) is 92.4 Å². The van der Waals surface area contributed by atoms with Crippen LogP contribution in [0.5, 0.6) is 5.75 Å². The van der Waals surface area contributed by atoms with Gasteiger partial charge in [0.25, 0.3) is 5.91 Å². The first kappa shape index (κ1) is 22.3. The zero-order chi connectivity index (χ0) is 22.1. The van der Waals surface area contributed by atoms with Crippen LogP contribution in [0.25, 0.3) is 0 Å². The number of rotatable bonds is 10. The van der Waals surface area contributed by atoms with Gasteiger partial charge in [0.05, 0.1) is 12.8 Å². The Bertz CT molecular complexity index is 1010. The predicted octanol–water partition coefficient (Wildman–Crippen LogP) is 3.76. The zero-order valence-electron chi connectivity index (χ0n) is 17.6. The van der Waals surface area contributed by atoms with Crippen LogP contribution >= 0.6 is 11.3 Å². The van der Waals surface area contributed by atoms with Gasteiger partial charge in [-0.25, -0.2) is 4.98 Å². The van der Waals surface area contributed by atoms with E-state index in [1.807, 2.05) is 61.5 Å². The highest BCUT2D eigenvalue weighted by Gasteiger charge is 2.23. The van der Waals surface area contributed by atoms with Crippen LogP contribution in [0, 0.1) is 0 Å². The summed E-state index contributed by atoms with van der Waals surface area (Å²) in [6.45, 7) is 2.54. The van der Waals surface area contributed by atoms with E-state index in [9.17, 15) is 9.59 Å². The van der Waals surface area contributed by atoms with Crippen molar-refractivity contribution in [2.45, 2.75) is 25.8 Å². The number of hydrogen-bond donors (Lipinski definition) is 3. The Balaban J connectivity index is 1.70. The summed E-state index contributed by atoms with van der Waals surface area (Å²) in [7, 11) is 1.59. The highest BCUT2D eigenvalue weighted by Crippen LogP contribution is 2.28. The number of aromatic nitrogens is 1. The molecular weight excluding hydrogens is 412 g/mol. The monoisotopic (exact) mass is 438 g/mol. The Hall–Kier alpha value is -3.39. The van der Waals surface area contributed by atoms with Gasteiger partial charge in [-0.2, -0.15) is 0 Å². The van der Waals surface area contributed by atoms with Crippen molar-refractivity contribution in [2.24, 2.45) is 0 Å². The van der Waals surface area contributed by atoms with Crippen molar-refractivity contribution in [1.82, 2.24) is 15.6 Å². The van der Waals surface area contributed by atoms with Crippen LogP contribution in [0.4, 0.5) is 10.8 Å². The quantitative estimate of drug-likeness (QED) is 0.448. The lowest BCUT2D eigenvalue weighted by atomic mass is 10.0. The van der Waals surface area contributed by atoms with Crippen molar-refractivity contribution < 1.29 is 14.3 Å². The first-order valence-electron chi connectivity index (χ1n) is 10.1. The molecule has 2 aromatic carbocycles. The summed E-state index contributed by atoms with van der Waals surface area (Å²) in [6.07, 6.45) is 1.22. The molecule has 0 aliphatic heterocycles. The molecule has 0 fully saturated rings. The Morgan fingerprint density at radius 1 is 1.10 bits per heavy atom. The fourth-order valence-electron chi connectivity index (χ4n) is 2.96. The third-order valence-electron chi connectivity index (χ3n) is 4.54. The normalized spacial score (nSPS) is 11.4. The van der Waals surface area contributed by atoms with Gasteiger partial charge < -0.3 is 20.7 Å². The average molecular weight is 439 g/mol. The summed E-state index contributed by atoms with van der Waals surface area (Å²) in [6, 6.07) is 16.4. The summed E-state index contributed by atoms with van der Waals surface area (Å²) in [5.41, 5.74) is 1.98. The fourth-order valence-corrected chi connectivity index (χ4v) is 3.66. The van der Waals surface area contributed by atoms with Gasteiger partial charge in [-0.15, -0.1) is 11.3 Å². The first-order valence-corrected chi connectivity index (χ1v) is 11.0. The Morgan fingerprint density at radius 2 is 1.84 bits per heavy atom. The Labute approximate surface area is 185 Å². The molecule has 0 aliphatic rings. The van der Waals surface area contributed by atoms with E-state index in [2.05, 4.69) is 20.9 Å². The van der Waals surface area contributed by atoms with Crippen molar-refractivity contribution in [3.63, 3.8) is 0 Å². The second-order valence-corrected chi connectivity index (χ2v) is 7.73. The van der Waals surface area contributed by atoms with E-state index in [0.29, 0.717) is 23.8 Å². The van der Waals surface area contributed by atoms with Gasteiger partial charge in [-0.1, -0.05) is 49.4 Å². The number of ether oxygens (including phenoxy) is 1. The molecular formula is C23H26N4O3S. The number of thiazole rings is 1. The number of methoxy groups -OCH3 is 1. The minimum absolute atomic E-state index is 0.207. The van der Waals surface area contributed by atoms with Crippen LogP contribution in [-0.2, 0) is 11.2 Å². The van der Waals surface area contributed by atoms with Crippen LogP contribution < -0.4 is 20.7 Å². The molecule has 0 radical (unpaired) electrons. The predicted molar refractivity (Wildman–Crippen MR) is 123 cm³/mol. The number of nitrogens with zero attached hydrogens (tertiary/aromatic N) is 1. The Morgan fingerprint density at radius 3 is 2.58 bits per heavy atom. The van der Waals surface area contributed by atoms with E-state index >= 15 is 0 Å². The molecule has 0 bridgehead atoms. The Kier molecular flexibility index (Phi) is 8.00. The molecule has 2 amide bonds. The number of nitrogens with one attached hydrogen (secondary N) is 3.